The van der Waals surface area contributed by atoms with Gasteiger partial charge in [0.15, 0.2) is 0 Å². The molecule has 0 amide bonds. The Labute approximate surface area is 108 Å². The molecule has 0 aromatic heterocycles. The summed E-state index contributed by atoms with van der Waals surface area (Å²) in [7, 11) is -0.924. The van der Waals surface area contributed by atoms with E-state index in [0.717, 1.165) is 26.0 Å². The second kappa shape index (κ2) is 6.30. The molecular weight excluding hydrogens is 234 g/mol. The highest BCUT2D eigenvalue weighted by Crippen LogP contribution is 2.27. The predicted molar refractivity (Wildman–Crippen MR) is 73.3 cm³/mol. The van der Waals surface area contributed by atoms with Crippen molar-refractivity contribution in [2.24, 2.45) is 5.92 Å². The van der Waals surface area contributed by atoms with E-state index in [-0.39, 0.29) is 4.75 Å². The minimum atomic E-state index is -0.924. The molecule has 4 heteroatoms. The van der Waals surface area contributed by atoms with Gasteiger partial charge in [-0.05, 0) is 26.7 Å². The largest absolute Gasteiger partial charge is 0.378 e. The van der Waals surface area contributed by atoms with Crippen molar-refractivity contribution in [3.05, 3.63) is 0 Å². The average Bonchev–Trinajstić information content (AvgIpc) is 2.29. The fourth-order valence-corrected chi connectivity index (χ4v) is 3.79. The number of morpholine rings is 1. The van der Waals surface area contributed by atoms with E-state index >= 15 is 0 Å². The summed E-state index contributed by atoms with van der Waals surface area (Å²) in [6, 6.07) is 0.318. The second-order valence-corrected chi connectivity index (χ2v) is 7.91. The maximum atomic E-state index is 12.5. The van der Waals surface area contributed by atoms with E-state index in [2.05, 4.69) is 18.2 Å². The lowest BCUT2D eigenvalue weighted by Crippen LogP contribution is -2.53. The van der Waals surface area contributed by atoms with Crippen LogP contribution in [0.4, 0.5) is 0 Å². The zero-order chi connectivity index (χ0) is 13.1. The van der Waals surface area contributed by atoms with Crippen molar-refractivity contribution in [1.82, 2.24) is 4.31 Å². The quantitative estimate of drug-likeness (QED) is 0.778. The highest BCUT2D eigenvalue weighted by atomic mass is 32.2. The minimum Gasteiger partial charge on any atom is -0.378 e. The summed E-state index contributed by atoms with van der Waals surface area (Å²) in [4.78, 5) is 0. The molecule has 3 nitrogen and oxygen atoms in total. The van der Waals surface area contributed by atoms with Crippen molar-refractivity contribution in [3.8, 4) is 0 Å². The summed E-state index contributed by atoms with van der Waals surface area (Å²) >= 11 is 0. The molecule has 0 bridgehead atoms. The van der Waals surface area contributed by atoms with Gasteiger partial charge in [0, 0.05) is 12.6 Å². The molecule has 1 heterocycles. The molecule has 0 N–H and O–H groups in total. The Morgan fingerprint density at radius 2 is 1.94 bits per heavy atom. The Morgan fingerprint density at radius 3 is 2.41 bits per heavy atom. The van der Waals surface area contributed by atoms with Gasteiger partial charge in [-0.15, -0.1) is 0 Å². The van der Waals surface area contributed by atoms with Crippen LogP contribution in [-0.2, 0) is 15.7 Å². The van der Waals surface area contributed by atoms with E-state index in [4.69, 9.17) is 4.74 Å². The highest BCUT2D eigenvalue weighted by molar-refractivity contribution is 7.84. The molecule has 1 fully saturated rings. The third kappa shape index (κ3) is 3.76. The Hall–Kier alpha value is 0.0700. The van der Waals surface area contributed by atoms with E-state index in [1.807, 2.05) is 20.8 Å². The Bertz CT molecular complexity index is 259. The molecule has 2 atom stereocenters. The summed E-state index contributed by atoms with van der Waals surface area (Å²) in [6.45, 7) is 12.8. The van der Waals surface area contributed by atoms with Crippen LogP contribution in [0.1, 0.15) is 47.5 Å². The fourth-order valence-electron chi connectivity index (χ4n) is 2.37. The van der Waals surface area contributed by atoms with Gasteiger partial charge in [-0.25, -0.2) is 8.51 Å². The van der Waals surface area contributed by atoms with Crippen LogP contribution < -0.4 is 0 Å². The van der Waals surface area contributed by atoms with Gasteiger partial charge in [0.1, 0.15) is 11.0 Å². The third-order valence-electron chi connectivity index (χ3n) is 3.44. The number of ether oxygens (including phenoxy) is 1. The number of hydrogen-bond acceptors (Lipinski definition) is 2. The van der Waals surface area contributed by atoms with E-state index < -0.39 is 11.0 Å². The average molecular weight is 261 g/mol. The molecule has 0 saturated carbocycles. The molecule has 0 radical (unpaired) electrons. The van der Waals surface area contributed by atoms with Crippen LogP contribution in [0.3, 0.4) is 0 Å². The topological polar surface area (TPSA) is 29.5 Å². The second-order valence-electron chi connectivity index (χ2n) is 5.72. The molecule has 1 rings (SSSR count). The molecule has 1 saturated heterocycles. The summed E-state index contributed by atoms with van der Waals surface area (Å²) in [5, 5.41) is 0. The van der Waals surface area contributed by atoms with Crippen LogP contribution in [0.5, 0.6) is 0 Å². The minimum absolute atomic E-state index is 0.179. The van der Waals surface area contributed by atoms with Gasteiger partial charge >= 0.3 is 0 Å². The Balaban J connectivity index is 2.82. The van der Waals surface area contributed by atoms with Crippen LogP contribution >= 0.6 is 0 Å². The summed E-state index contributed by atoms with van der Waals surface area (Å²) in [6.07, 6.45) is 2.25. The molecular formula is C13H27NO2S. The maximum Gasteiger partial charge on any atom is 0.100 e. The SMILES string of the molecule is CCC(CC)[C@@H]1COCCN1[S@](=O)C(C)(C)C. The van der Waals surface area contributed by atoms with Crippen LogP contribution in [0.25, 0.3) is 0 Å². The summed E-state index contributed by atoms with van der Waals surface area (Å²) in [5.41, 5.74) is 0. The smallest absolute Gasteiger partial charge is 0.100 e. The standard InChI is InChI=1S/C13H27NO2S/c1-6-11(7-2)12-10-16-9-8-14(12)17(15)13(3,4)5/h11-12H,6-10H2,1-5H3/t12-,17+/m0/s1. The van der Waals surface area contributed by atoms with Crippen molar-refractivity contribution < 1.29 is 8.95 Å². The lowest BCUT2D eigenvalue weighted by atomic mass is 9.94. The van der Waals surface area contributed by atoms with E-state index in [1.165, 1.54) is 0 Å². The van der Waals surface area contributed by atoms with Crippen LogP contribution in [0, 0.1) is 5.92 Å². The molecule has 1 aliphatic rings. The first-order valence-electron chi connectivity index (χ1n) is 6.68. The van der Waals surface area contributed by atoms with Gasteiger partial charge in [0.25, 0.3) is 0 Å². The number of nitrogens with zero attached hydrogens (tertiary/aromatic N) is 1. The fraction of sp³-hybridized carbons (Fsp3) is 1.00. The lowest BCUT2D eigenvalue weighted by Gasteiger charge is -2.41. The van der Waals surface area contributed by atoms with Crippen LogP contribution in [0.15, 0.2) is 0 Å². The highest BCUT2D eigenvalue weighted by Gasteiger charge is 2.36. The van der Waals surface area contributed by atoms with Crippen molar-refractivity contribution >= 4 is 11.0 Å². The Morgan fingerprint density at radius 1 is 1.35 bits per heavy atom. The molecule has 102 valence electrons. The van der Waals surface area contributed by atoms with Gasteiger partial charge in [-0.2, -0.15) is 0 Å². The van der Waals surface area contributed by atoms with Crippen molar-refractivity contribution in [2.75, 3.05) is 19.8 Å². The van der Waals surface area contributed by atoms with Gasteiger partial charge in [0.05, 0.1) is 18.0 Å². The first kappa shape index (κ1) is 15.1. The van der Waals surface area contributed by atoms with Gasteiger partial charge in [-0.1, -0.05) is 26.7 Å². The van der Waals surface area contributed by atoms with Crippen molar-refractivity contribution in [3.63, 3.8) is 0 Å². The molecule has 0 unspecified atom stereocenters. The van der Waals surface area contributed by atoms with Gasteiger partial charge in [-0.3, -0.25) is 0 Å². The molecule has 0 aromatic carbocycles. The predicted octanol–water partition coefficient (Wildman–Crippen LogP) is 2.59. The van der Waals surface area contributed by atoms with Gasteiger partial charge in [0.2, 0.25) is 0 Å². The molecule has 1 aliphatic heterocycles. The molecule has 0 aliphatic carbocycles. The number of hydrogen-bond donors (Lipinski definition) is 0. The maximum absolute atomic E-state index is 12.5. The first-order chi connectivity index (χ1) is 7.91. The van der Waals surface area contributed by atoms with E-state index in [0.29, 0.717) is 18.6 Å². The molecule has 17 heavy (non-hydrogen) atoms. The normalized spacial score (nSPS) is 25.2. The van der Waals surface area contributed by atoms with E-state index in [1.54, 1.807) is 0 Å². The van der Waals surface area contributed by atoms with Crippen LogP contribution in [0.2, 0.25) is 0 Å². The number of rotatable bonds is 4. The first-order valence-corrected chi connectivity index (χ1v) is 7.78. The monoisotopic (exact) mass is 261 g/mol. The Kier molecular flexibility index (Phi) is 5.61. The van der Waals surface area contributed by atoms with Crippen molar-refractivity contribution in [1.29, 1.82) is 0 Å². The van der Waals surface area contributed by atoms with E-state index in [9.17, 15) is 4.21 Å². The van der Waals surface area contributed by atoms with Gasteiger partial charge < -0.3 is 4.74 Å². The zero-order valence-corrected chi connectivity index (χ0v) is 12.7. The summed E-state index contributed by atoms with van der Waals surface area (Å²) < 4.78 is 20.1. The third-order valence-corrected chi connectivity index (χ3v) is 5.37. The molecule has 0 spiro atoms. The van der Waals surface area contributed by atoms with Crippen molar-refractivity contribution in [2.45, 2.75) is 58.2 Å². The lowest BCUT2D eigenvalue weighted by molar-refractivity contribution is 0.0101. The zero-order valence-electron chi connectivity index (χ0n) is 11.9. The summed E-state index contributed by atoms with van der Waals surface area (Å²) in [5.74, 6) is 0.585. The van der Waals surface area contributed by atoms with Crippen LogP contribution in [-0.4, -0.2) is 39.1 Å². The molecule has 0 aromatic rings.